The molecule has 21 heavy (non-hydrogen) atoms. The molecule has 1 aromatic heterocycles. The van der Waals surface area contributed by atoms with Gasteiger partial charge in [0.2, 0.25) is 0 Å². The van der Waals surface area contributed by atoms with Gasteiger partial charge in [0.15, 0.2) is 5.82 Å². The van der Waals surface area contributed by atoms with E-state index in [1.807, 2.05) is 25.1 Å². The maximum absolute atomic E-state index is 5.24. The predicted molar refractivity (Wildman–Crippen MR) is 81.7 cm³/mol. The highest BCUT2D eigenvalue weighted by atomic mass is 16.5. The molecule has 0 radical (unpaired) electrons. The Balaban J connectivity index is 2.27. The van der Waals surface area contributed by atoms with Crippen molar-refractivity contribution in [1.29, 1.82) is 0 Å². The molecule has 6 heteroatoms. The summed E-state index contributed by atoms with van der Waals surface area (Å²) < 4.78 is 7.02. The van der Waals surface area contributed by atoms with Crippen LogP contribution in [0.1, 0.15) is 38.2 Å². The summed E-state index contributed by atoms with van der Waals surface area (Å²) >= 11 is 0. The van der Waals surface area contributed by atoms with Gasteiger partial charge in [0.1, 0.15) is 5.75 Å². The van der Waals surface area contributed by atoms with Gasteiger partial charge in [-0.1, -0.05) is 13.8 Å². The second-order valence-corrected chi connectivity index (χ2v) is 5.63. The van der Waals surface area contributed by atoms with Gasteiger partial charge in [-0.2, -0.15) is 4.68 Å². The lowest BCUT2D eigenvalue weighted by Gasteiger charge is -2.16. The molecule has 0 aliphatic rings. The minimum atomic E-state index is 0.0869. The number of nitrogens with one attached hydrogen (secondary N) is 1. The van der Waals surface area contributed by atoms with Crippen LogP contribution in [-0.4, -0.2) is 33.9 Å². The molecule has 1 heterocycles. The highest BCUT2D eigenvalue weighted by Gasteiger charge is 2.17. The van der Waals surface area contributed by atoms with Crippen molar-refractivity contribution in [1.82, 2.24) is 25.5 Å². The van der Waals surface area contributed by atoms with E-state index >= 15 is 0 Å². The van der Waals surface area contributed by atoms with E-state index in [1.165, 1.54) is 0 Å². The Morgan fingerprint density at radius 1 is 1.29 bits per heavy atom. The van der Waals surface area contributed by atoms with Crippen molar-refractivity contribution in [3.05, 3.63) is 29.6 Å². The van der Waals surface area contributed by atoms with E-state index in [0.717, 1.165) is 29.4 Å². The number of rotatable bonds is 6. The van der Waals surface area contributed by atoms with E-state index in [2.05, 4.69) is 41.6 Å². The van der Waals surface area contributed by atoms with Gasteiger partial charge in [-0.15, -0.1) is 5.10 Å². The number of aryl methyl sites for hydroxylation is 1. The van der Waals surface area contributed by atoms with Crippen LogP contribution in [0.25, 0.3) is 5.69 Å². The van der Waals surface area contributed by atoms with E-state index in [1.54, 1.807) is 11.8 Å². The highest BCUT2D eigenvalue weighted by molar-refractivity contribution is 5.44. The molecule has 114 valence electrons. The first-order chi connectivity index (χ1) is 10.0. The smallest absolute Gasteiger partial charge is 0.173 e. The zero-order valence-corrected chi connectivity index (χ0v) is 13.3. The van der Waals surface area contributed by atoms with Crippen LogP contribution in [0.2, 0.25) is 0 Å². The summed E-state index contributed by atoms with van der Waals surface area (Å²) in [4.78, 5) is 0. The second-order valence-electron chi connectivity index (χ2n) is 5.63. The standard InChI is InChI=1S/C15H23N5O/c1-10(2)9-16-12(4)15-17-18-19-20(15)14-7-6-13(21-5)8-11(14)3/h6-8,10,12,16H,9H2,1-5H3. The summed E-state index contributed by atoms with van der Waals surface area (Å²) in [6.07, 6.45) is 0. The van der Waals surface area contributed by atoms with Gasteiger partial charge in [-0.05, 0) is 60.5 Å². The zero-order valence-electron chi connectivity index (χ0n) is 13.3. The molecule has 2 rings (SSSR count). The Kier molecular flexibility index (Phi) is 4.90. The molecule has 0 saturated carbocycles. The van der Waals surface area contributed by atoms with Crippen LogP contribution in [0.4, 0.5) is 0 Å². The largest absolute Gasteiger partial charge is 0.497 e. The van der Waals surface area contributed by atoms with Crippen molar-refractivity contribution < 1.29 is 4.74 Å². The van der Waals surface area contributed by atoms with Crippen molar-refractivity contribution in [2.24, 2.45) is 5.92 Å². The molecule has 1 aromatic carbocycles. The Hall–Kier alpha value is -1.95. The molecule has 2 aromatic rings. The van der Waals surface area contributed by atoms with Crippen LogP contribution < -0.4 is 10.1 Å². The van der Waals surface area contributed by atoms with Crippen molar-refractivity contribution >= 4 is 0 Å². The minimum absolute atomic E-state index is 0.0869. The fraction of sp³-hybridized carbons (Fsp3) is 0.533. The van der Waals surface area contributed by atoms with Gasteiger partial charge in [-0.3, -0.25) is 0 Å². The van der Waals surface area contributed by atoms with Gasteiger partial charge in [0.05, 0.1) is 18.8 Å². The lowest BCUT2D eigenvalue weighted by molar-refractivity contribution is 0.414. The molecule has 1 unspecified atom stereocenters. The molecule has 1 N–H and O–H groups in total. The number of benzene rings is 1. The monoisotopic (exact) mass is 289 g/mol. The molecular formula is C15H23N5O. The third kappa shape index (κ3) is 3.58. The Labute approximate surface area is 125 Å². The molecule has 0 aliphatic carbocycles. The first-order valence-corrected chi connectivity index (χ1v) is 7.19. The summed E-state index contributed by atoms with van der Waals surface area (Å²) in [6, 6.07) is 5.96. The normalized spacial score (nSPS) is 12.7. The third-order valence-electron chi connectivity index (χ3n) is 3.35. The van der Waals surface area contributed by atoms with E-state index in [0.29, 0.717) is 5.92 Å². The van der Waals surface area contributed by atoms with Gasteiger partial charge < -0.3 is 10.1 Å². The topological polar surface area (TPSA) is 64.9 Å². The van der Waals surface area contributed by atoms with Crippen LogP contribution >= 0.6 is 0 Å². The van der Waals surface area contributed by atoms with Crippen molar-refractivity contribution in [3.8, 4) is 11.4 Å². The molecule has 1 atom stereocenters. The van der Waals surface area contributed by atoms with E-state index in [9.17, 15) is 0 Å². The molecule has 0 bridgehead atoms. The summed E-state index contributed by atoms with van der Waals surface area (Å²) in [5.41, 5.74) is 2.04. The lowest BCUT2D eigenvalue weighted by Crippen LogP contribution is -2.26. The van der Waals surface area contributed by atoms with Gasteiger partial charge in [0, 0.05) is 0 Å². The summed E-state index contributed by atoms with van der Waals surface area (Å²) in [7, 11) is 1.66. The quantitative estimate of drug-likeness (QED) is 0.884. The molecule has 0 aliphatic heterocycles. The predicted octanol–water partition coefficient (Wildman–Crippen LogP) is 2.29. The van der Waals surface area contributed by atoms with Crippen LogP contribution in [-0.2, 0) is 0 Å². The maximum atomic E-state index is 5.24. The van der Waals surface area contributed by atoms with Gasteiger partial charge >= 0.3 is 0 Å². The number of tetrazole rings is 1. The van der Waals surface area contributed by atoms with Crippen molar-refractivity contribution in [2.75, 3.05) is 13.7 Å². The molecule has 0 spiro atoms. The SMILES string of the molecule is COc1ccc(-n2nnnc2C(C)NCC(C)C)c(C)c1. The molecule has 0 amide bonds. The summed E-state index contributed by atoms with van der Waals surface area (Å²) in [5, 5.41) is 15.6. The summed E-state index contributed by atoms with van der Waals surface area (Å²) in [6.45, 7) is 9.38. The van der Waals surface area contributed by atoms with Gasteiger partial charge in [-0.25, -0.2) is 0 Å². The number of hydrogen-bond acceptors (Lipinski definition) is 5. The van der Waals surface area contributed by atoms with Crippen LogP contribution in [0.15, 0.2) is 18.2 Å². The van der Waals surface area contributed by atoms with Crippen molar-refractivity contribution in [3.63, 3.8) is 0 Å². The van der Waals surface area contributed by atoms with Crippen molar-refractivity contribution in [2.45, 2.75) is 33.7 Å². The lowest BCUT2D eigenvalue weighted by atomic mass is 10.1. The third-order valence-corrected chi connectivity index (χ3v) is 3.35. The fourth-order valence-electron chi connectivity index (χ4n) is 2.13. The Bertz CT molecular complexity index is 593. The summed E-state index contributed by atoms with van der Waals surface area (Å²) in [5.74, 6) is 2.22. The zero-order chi connectivity index (χ0) is 15.4. The average molecular weight is 289 g/mol. The molecule has 0 saturated heterocycles. The van der Waals surface area contributed by atoms with E-state index in [4.69, 9.17) is 4.74 Å². The maximum Gasteiger partial charge on any atom is 0.173 e. The van der Waals surface area contributed by atoms with Crippen LogP contribution in [0, 0.1) is 12.8 Å². The number of aromatic nitrogens is 4. The number of hydrogen-bond donors (Lipinski definition) is 1. The minimum Gasteiger partial charge on any atom is -0.497 e. The highest BCUT2D eigenvalue weighted by Crippen LogP contribution is 2.22. The fourth-order valence-corrected chi connectivity index (χ4v) is 2.13. The number of ether oxygens (including phenoxy) is 1. The molecule has 0 fully saturated rings. The van der Waals surface area contributed by atoms with E-state index < -0.39 is 0 Å². The van der Waals surface area contributed by atoms with Crippen LogP contribution in [0.5, 0.6) is 5.75 Å². The number of methoxy groups -OCH3 is 1. The first-order valence-electron chi connectivity index (χ1n) is 7.19. The second kappa shape index (κ2) is 6.67. The molecular weight excluding hydrogens is 266 g/mol. The molecule has 6 nitrogen and oxygen atoms in total. The first kappa shape index (κ1) is 15.4. The van der Waals surface area contributed by atoms with Crippen LogP contribution in [0.3, 0.4) is 0 Å². The Morgan fingerprint density at radius 2 is 2.05 bits per heavy atom. The van der Waals surface area contributed by atoms with Gasteiger partial charge in [0.25, 0.3) is 0 Å². The van der Waals surface area contributed by atoms with E-state index in [-0.39, 0.29) is 6.04 Å². The average Bonchev–Trinajstić information content (AvgIpc) is 2.93. The number of nitrogens with zero attached hydrogens (tertiary/aromatic N) is 4. The Morgan fingerprint density at radius 3 is 2.67 bits per heavy atom.